The minimum Gasteiger partial charge on any atom is -0.483 e. The summed E-state index contributed by atoms with van der Waals surface area (Å²) in [5.41, 5.74) is 3.60. The lowest BCUT2D eigenvalue weighted by Gasteiger charge is -2.13. The monoisotopic (exact) mass is 374 g/mol. The zero-order valence-electron chi connectivity index (χ0n) is 15.9. The number of benzene rings is 3. The summed E-state index contributed by atoms with van der Waals surface area (Å²) >= 11 is 0. The number of amides is 2. The van der Waals surface area contributed by atoms with Gasteiger partial charge in [0.2, 0.25) is 0 Å². The molecule has 3 aromatic rings. The van der Waals surface area contributed by atoms with Crippen LogP contribution in [0.1, 0.15) is 21.5 Å². The number of anilines is 2. The van der Waals surface area contributed by atoms with Crippen molar-refractivity contribution in [3.05, 3.63) is 89.5 Å². The summed E-state index contributed by atoms with van der Waals surface area (Å²) in [6.07, 6.45) is 0. The topological polar surface area (TPSA) is 67.4 Å². The van der Waals surface area contributed by atoms with E-state index in [1.54, 1.807) is 36.4 Å². The van der Waals surface area contributed by atoms with Gasteiger partial charge >= 0.3 is 0 Å². The van der Waals surface area contributed by atoms with Gasteiger partial charge in [-0.1, -0.05) is 48.0 Å². The lowest BCUT2D eigenvalue weighted by atomic mass is 10.1. The van der Waals surface area contributed by atoms with Gasteiger partial charge in [-0.2, -0.15) is 0 Å². The molecule has 142 valence electrons. The molecule has 3 rings (SSSR count). The van der Waals surface area contributed by atoms with E-state index in [0.717, 1.165) is 11.1 Å². The van der Waals surface area contributed by atoms with Gasteiger partial charge in [0.1, 0.15) is 5.75 Å². The van der Waals surface area contributed by atoms with Crippen molar-refractivity contribution in [2.75, 3.05) is 17.2 Å². The Morgan fingerprint density at radius 1 is 0.857 bits per heavy atom. The molecule has 0 aliphatic rings. The first-order valence-corrected chi connectivity index (χ1v) is 8.98. The lowest BCUT2D eigenvalue weighted by Crippen LogP contribution is -2.23. The zero-order valence-corrected chi connectivity index (χ0v) is 15.9. The van der Waals surface area contributed by atoms with Gasteiger partial charge in [-0.05, 0) is 49.7 Å². The highest BCUT2D eigenvalue weighted by molar-refractivity contribution is 6.10. The number of ether oxygens (including phenoxy) is 1. The first-order valence-electron chi connectivity index (χ1n) is 8.98. The second-order valence-corrected chi connectivity index (χ2v) is 6.47. The first-order chi connectivity index (χ1) is 13.5. The fourth-order valence-electron chi connectivity index (χ4n) is 2.80. The summed E-state index contributed by atoms with van der Waals surface area (Å²) < 4.78 is 5.61. The summed E-state index contributed by atoms with van der Waals surface area (Å²) in [5, 5.41) is 5.57. The summed E-state index contributed by atoms with van der Waals surface area (Å²) in [6, 6.07) is 21.8. The SMILES string of the molecule is Cc1ccc(OCC(=O)Nc2ccccc2C(=O)Nc2ccccc2)c(C)c1. The summed E-state index contributed by atoms with van der Waals surface area (Å²) in [4.78, 5) is 24.9. The minimum atomic E-state index is -0.333. The number of hydrogen-bond donors (Lipinski definition) is 2. The number of rotatable bonds is 6. The highest BCUT2D eigenvalue weighted by atomic mass is 16.5. The zero-order chi connectivity index (χ0) is 19.9. The Morgan fingerprint density at radius 3 is 2.32 bits per heavy atom. The third kappa shape index (κ3) is 4.98. The molecule has 0 fully saturated rings. The van der Waals surface area contributed by atoms with E-state index < -0.39 is 0 Å². The molecule has 2 N–H and O–H groups in total. The van der Waals surface area contributed by atoms with E-state index in [4.69, 9.17) is 4.74 Å². The Morgan fingerprint density at radius 2 is 1.57 bits per heavy atom. The Bertz CT molecular complexity index is 984. The van der Waals surface area contributed by atoms with Crippen LogP contribution in [0, 0.1) is 13.8 Å². The van der Waals surface area contributed by atoms with Gasteiger partial charge in [0, 0.05) is 5.69 Å². The molecule has 0 saturated carbocycles. The molecular formula is C23H22N2O3. The van der Waals surface area contributed by atoms with Gasteiger partial charge in [0.15, 0.2) is 6.61 Å². The normalized spacial score (nSPS) is 10.2. The van der Waals surface area contributed by atoms with Crippen LogP contribution >= 0.6 is 0 Å². The standard InChI is InChI=1S/C23H22N2O3/c1-16-12-13-21(17(2)14-16)28-15-22(26)25-20-11-7-6-10-19(20)23(27)24-18-8-4-3-5-9-18/h3-14H,15H2,1-2H3,(H,24,27)(H,25,26). The highest BCUT2D eigenvalue weighted by Crippen LogP contribution is 2.20. The Kier molecular flexibility index (Phi) is 6.07. The molecule has 3 aromatic carbocycles. The molecule has 0 aliphatic carbocycles. The maximum Gasteiger partial charge on any atom is 0.262 e. The quantitative estimate of drug-likeness (QED) is 0.664. The van der Waals surface area contributed by atoms with Crippen LogP contribution in [0.4, 0.5) is 11.4 Å². The van der Waals surface area contributed by atoms with Gasteiger partial charge in [-0.25, -0.2) is 0 Å². The van der Waals surface area contributed by atoms with Crippen molar-refractivity contribution >= 4 is 23.2 Å². The van der Waals surface area contributed by atoms with E-state index in [2.05, 4.69) is 10.6 Å². The van der Waals surface area contributed by atoms with Crippen molar-refractivity contribution in [2.24, 2.45) is 0 Å². The molecular weight excluding hydrogens is 352 g/mol. The molecule has 0 saturated heterocycles. The summed E-state index contributed by atoms with van der Waals surface area (Å²) in [6.45, 7) is 3.79. The van der Waals surface area contributed by atoms with Crippen molar-refractivity contribution in [1.29, 1.82) is 0 Å². The number of nitrogens with one attached hydrogen (secondary N) is 2. The Balaban J connectivity index is 1.65. The average molecular weight is 374 g/mol. The number of hydrogen-bond acceptors (Lipinski definition) is 3. The van der Waals surface area contributed by atoms with Gasteiger partial charge in [-0.3, -0.25) is 9.59 Å². The maximum absolute atomic E-state index is 12.6. The summed E-state index contributed by atoms with van der Waals surface area (Å²) in [7, 11) is 0. The second kappa shape index (κ2) is 8.86. The van der Waals surface area contributed by atoms with Crippen molar-refractivity contribution < 1.29 is 14.3 Å². The molecule has 0 bridgehead atoms. The molecule has 0 spiro atoms. The van der Waals surface area contributed by atoms with Crippen LogP contribution < -0.4 is 15.4 Å². The minimum absolute atomic E-state index is 0.140. The molecule has 0 aliphatic heterocycles. The molecule has 5 heteroatoms. The fraction of sp³-hybridized carbons (Fsp3) is 0.130. The predicted octanol–water partition coefficient (Wildman–Crippen LogP) is 4.57. The molecule has 0 atom stereocenters. The fourth-order valence-corrected chi connectivity index (χ4v) is 2.80. The lowest BCUT2D eigenvalue weighted by molar-refractivity contribution is -0.118. The number of carbonyl (C=O) groups is 2. The van der Waals surface area contributed by atoms with E-state index in [1.165, 1.54) is 0 Å². The molecule has 2 amide bonds. The first kappa shape index (κ1) is 19.2. The third-order valence-corrected chi connectivity index (χ3v) is 4.17. The van der Waals surface area contributed by atoms with Gasteiger partial charge in [0.25, 0.3) is 11.8 Å². The van der Waals surface area contributed by atoms with E-state index in [1.807, 2.05) is 50.2 Å². The molecule has 5 nitrogen and oxygen atoms in total. The van der Waals surface area contributed by atoms with Crippen LogP contribution in [0.25, 0.3) is 0 Å². The largest absolute Gasteiger partial charge is 0.483 e. The Labute approximate surface area is 164 Å². The van der Waals surface area contributed by atoms with Crippen molar-refractivity contribution in [2.45, 2.75) is 13.8 Å². The van der Waals surface area contributed by atoms with Crippen molar-refractivity contribution in [3.63, 3.8) is 0 Å². The van der Waals surface area contributed by atoms with E-state index in [-0.39, 0.29) is 18.4 Å². The maximum atomic E-state index is 12.6. The molecule has 0 heterocycles. The van der Waals surface area contributed by atoms with Crippen LogP contribution in [0.2, 0.25) is 0 Å². The van der Waals surface area contributed by atoms with Crippen molar-refractivity contribution in [1.82, 2.24) is 0 Å². The number of para-hydroxylation sites is 2. The van der Waals surface area contributed by atoms with E-state index >= 15 is 0 Å². The predicted molar refractivity (Wildman–Crippen MR) is 111 cm³/mol. The molecule has 0 radical (unpaired) electrons. The van der Waals surface area contributed by atoms with Crippen LogP contribution in [0.3, 0.4) is 0 Å². The van der Waals surface area contributed by atoms with Gasteiger partial charge in [-0.15, -0.1) is 0 Å². The highest BCUT2D eigenvalue weighted by Gasteiger charge is 2.14. The van der Waals surface area contributed by atoms with Crippen LogP contribution in [0.15, 0.2) is 72.8 Å². The van der Waals surface area contributed by atoms with Gasteiger partial charge < -0.3 is 15.4 Å². The van der Waals surface area contributed by atoms with Gasteiger partial charge in [0.05, 0.1) is 11.3 Å². The van der Waals surface area contributed by atoms with E-state index in [0.29, 0.717) is 22.7 Å². The third-order valence-electron chi connectivity index (χ3n) is 4.17. The number of carbonyl (C=O) groups excluding carboxylic acids is 2. The molecule has 0 unspecified atom stereocenters. The van der Waals surface area contributed by atoms with Crippen LogP contribution in [0.5, 0.6) is 5.75 Å². The molecule has 28 heavy (non-hydrogen) atoms. The van der Waals surface area contributed by atoms with E-state index in [9.17, 15) is 9.59 Å². The summed E-state index contributed by atoms with van der Waals surface area (Å²) in [5.74, 6) is 0.0354. The second-order valence-electron chi connectivity index (χ2n) is 6.47. The molecule has 0 aromatic heterocycles. The smallest absolute Gasteiger partial charge is 0.262 e. The van der Waals surface area contributed by atoms with Crippen LogP contribution in [-0.2, 0) is 4.79 Å². The average Bonchev–Trinajstić information content (AvgIpc) is 2.68. The van der Waals surface area contributed by atoms with Crippen molar-refractivity contribution in [3.8, 4) is 5.75 Å². The Hall–Kier alpha value is -3.60. The number of aryl methyl sites for hydroxylation is 2. The van der Waals surface area contributed by atoms with Crippen LogP contribution in [-0.4, -0.2) is 18.4 Å².